The van der Waals surface area contributed by atoms with E-state index in [1.165, 1.54) is 24.3 Å². The molecule has 0 bridgehead atoms. The molecule has 0 saturated carbocycles. The number of amides is 1. The molecule has 0 aliphatic heterocycles. The Morgan fingerprint density at radius 2 is 1.57 bits per heavy atom. The molecule has 1 atom stereocenters. The molecule has 3 aromatic carbocycles. The van der Waals surface area contributed by atoms with Gasteiger partial charge in [0.05, 0.1) is 10.6 Å². The summed E-state index contributed by atoms with van der Waals surface area (Å²) in [6.07, 6.45) is 0. The van der Waals surface area contributed by atoms with Crippen molar-refractivity contribution in [1.82, 2.24) is 5.32 Å². The molecule has 156 valence electrons. The number of sulfonamides is 1. The zero-order valence-corrected chi connectivity index (χ0v) is 18.2. The zero-order chi connectivity index (χ0) is 21.7. The van der Waals surface area contributed by atoms with Gasteiger partial charge in [-0.1, -0.05) is 49.4 Å². The predicted molar refractivity (Wildman–Crippen MR) is 120 cm³/mol. The monoisotopic (exact) mass is 422 g/mol. The van der Waals surface area contributed by atoms with Crippen LogP contribution < -0.4 is 10.0 Å². The highest BCUT2D eigenvalue weighted by Gasteiger charge is 2.17. The highest BCUT2D eigenvalue weighted by Crippen LogP contribution is 2.22. The number of hydrogen-bond acceptors (Lipinski definition) is 3. The van der Waals surface area contributed by atoms with Crippen LogP contribution in [0.5, 0.6) is 0 Å². The van der Waals surface area contributed by atoms with Crippen molar-refractivity contribution in [3.8, 4) is 0 Å². The van der Waals surface area contributed by atoms with Gasteiger partial charge in [0, 0.05) is 12.1 Å². The maximum Gasteiger partial charge on any atom is 0.261 e. The summed E-state index contributed by atoms with van der Waals surface area (Å²) in [5, 5.41) is 2.90. The first-order chi connectivity index (χ1) is 14.3. The first-order valence-electron chi connectivity index (χ1n) is 9.80. The van der Waals surface area contributed by atoms with Crippen molar-refractivity contribution in [3.63, 3.8) is 0 Å². The van der Waals surface area contributed by atoms with Gasteiger partial charge in [-0.3, -0.25) is 9.52 Å². The number of rotatable bonds is 7. The summed E-state index contributed by atoms with van der Waals surface area (Å²) < 4.78 is 28.0. The van der Waals surface area contributed by atoms with E-state index >= 15 is 0 Å². The molecule has 3 aromatic rings. The van der Waals surface area contributed by atoms with Gasteiger partial charge in [0.1, 0.15) is 0 Å². The van der Waals surface area contributed by atoms with Crippen LogP contribution in [0.4, 0.5) is 5.69 Å². The van der Waals surface area contributed by atoms with Crippen LogP contribution in [-0.2, 0) is 10.0 Å². The molecular weight excluding hydrogens is 396 g/mol. The van der Waals surface area contributed by atoms with Crippen LogP contribution in [0.3, 0.4) is 0 Å². The molecule has 0 heterocycles. The van der Waals surface area contributed by atoms with E-state index in [4.69, 9.17) is 0 Å². The topological polar surface area (TPSA) is 75.3 Å². The average Bonchev–Trinajstić information content (AvgIpc) is 2.75. The lowest BCUT2D eigenvalue weighted by Gasteiger charge is -2.14. The Morgan fingerprint density at radius 1 is 0.900 bits per heavy atom. The van der Waals surface area contributed by atoms with Gasteiger partial charge < -0.3 is 5.32 Å². The first-order valence-corrected chi connectivity index (χ1v) is 11.3. The maximum atomic E-state index is 12.7. The van der Waals surface area contributed by atoms with Crippen molar-refractivity contribution in [2.45, 2.75) is 31.6 Å². The number of carbonyl (C=O) groups is 1. The normalized spacial score (nSPS) is 12.2. The standard InChI is InChI=1S/C24H26N2O3S/c1-17-8-7-11-23(19(17)3)26-30(28,29)22-14-12-21(13-15-22)24(27)25-16-18(2)20-9-5-4-6-10-20/h4-15,18,26H,16H2,1-3H3,(H,25,27)/t18-/m1/s1. The molecule has 0 spiro atoms. The molecule has 0 aromatic heterocycles. The molecule has 30 heavy (non-hydrogen) atoms. The van der Waals surface area contributed by atoms with E-state index in [0.29, 0.717) is 17.8 Å². The van der Waals surface area contributed by atoms with Crippen molar-refractivity contribution < 1.29 is 13.2 Å². The summed E-state index contributed by atoms with van der Waals surface area (Å²) in [4.78, 5) is 12.5. The highest BCUT2D eigenvalue weighted by atomic mass is 32.2. The number of aryl methyl sites for hydroxylation is 1. The molecule has 6 heteroatoms. The minimum Gasteiger partial charge on any atom is -0.351 e. The van der Waals surface area contributed by atoms with E-state index in [9.17, 15) is 13.2 Å². The minimum absolute atomic E-state index is 0.109. The molecule has 0 aliphatic rings. The smallest absolute Gasteiger partial charge is 0.261 e. The Bertz CT molecular complexity index is 1120. The van der Waals surface area contributed by atoms with Crippen LogP contribution in [0, 0.1) is 13.8 Å². The molecular formula is C24H26N2O3S. The molecule has 0 aliphatic carbocycles. The van der Waals surface area contributed by atoms with E-state index in [-0.39, 0.29) is 16.7 Å². The lowest BCUT2D eigenvalue weighted by molar-refractivity contribution is 0.0951. The Morgan fingerprint density at radius 3 is 2.23 bits per heavy atom. The van der Waals surface area contributed by atoms with Gasteiger partial charge in [-0.25, -0.2) is 8.42 Å². The van der Waals surface area contributed by atoms with E-state index in [1.54, 1.807) is 6.07 Å². The Labute approximate surface area is 178 Å². The van der Waals surface area contributed by atoms with E-state index in [0.717, 1.165) is 16.7 Å². The summed E-state index contributed by atoms with van der Waals surface area (Å²) in [5.74, 6) is -0.0548. The molecule has 0 unspecified atom stereocenters. The summed E-state index contributed by atoms with van der Waals surface area (Å²) in [6, 6.07) is 21.4. The first kappa shape index (κ1) is 21.6. The predicted octanol–water partition coefficient (Wildman–Crippen LogP) is 4.64. The van der Waals surface area contributed by atoms with Gasteiger partial charge in [0.15, 0.2) is 0 Å². The summed E-state index contributed by atoms with van der Waals surface area (Å²) in [7, 11) is -3.74. The van der Waals surface area contributed by atoms with Crippen LogP contribution in [0.15, 0.2) is 77.7 Å². The average molecular weight is 423 g/mol. The quantitative estimate of drug-likeness (QED) is 0.583. The molecule has 2 N–H and O–H groups in total. The van der Waals surface area contributed by atoms with Crippen molar-refractivity contribution in [3.05, 3.63) is 95.1 Å². The van der Waals surface area contributed by atoms with Gasteiger partial charge in [-0.15, -0.1) is 0 Å². The summed E-state index contributed by atoms with van der Waals surface area (Å²) in [6.45, 7) is 6.34. The highest BCUT2D eigenvalue weighted by molar-refractivity contribution is 7.92. The van der Waals surface area contributed by atoms with Crippen LogP contribution in [0.25, 0.3) is 0 Å². The molecule has 0 radical (unpaired) electrons. The second-order valence-electron chi connectivity index (χ2n) is 7.40. The van der Waals surface area contributed by atoms with Crippen LogP contribution in [-0.4, -0.2) is 20.9 Å². The number of hydrogen-bond donors (Lipinski definition) is 2. The van der Waals surface area contributed by atoms with E-state index in [2.05, 4.69) is 10.0 Å². The van der Waals surface area contributed by atoms with Crippen LogP contribution >= 0.6 is 0 Å². The zero-order valence-electron chi connectivity index (χ0n) is 17.3. The number of anilines is 1. The number of carbonyl (C=O) groups excluding carboxylic acids is 1. The minimum atomic E-state index is -3.74. The van der Waals surface area contributed by atoms with Crippen molar-refractivity contribution in [2.24, 2.45) is 0 Å². The van der Waals surface area contributed by atoms with Crippen molar-refractivity contribution in [2.75, 3.05) is 11.3 Å². The molecule has 3 rings (SSSR count). The Hall–Kier alpha value is -3.12. The van der Waals surface area contributed by atoms with E-state index < -0.39 is 10.0 Å². The third kappa shape index (κ3) is 5.07. The van der Waals surface area contributed by atoms with Crippen molar-refractivity contribution >= 4 is 21.6 Å². The second kappa shape index (κ2) is 9.13. The molecule has 1 amide bonds. The number of nitrogens with one attached hydrogen (secondary N) is 2. The summed E-state index contributed by atoms with van der Waals surface area (Å²) >= 11 is 0. The fraction of sp³-hybridized carbons (Fsp3) is 0.208. The Balaban J connectivity index is 1.66. The largest absolute Gasteiger partial charge is 0.351 e. The lowest BCUT2D eigenvalue weighted by Crippen LogP contribution is -2.27. The fourth-order valence-electron chi connectivity index (χ4n) is 3.10. The third-order valence-corrected chi connectivity index (χ3v) is 6.59. The fourth-order valence-corrected chi connectivity index (χ4v) is 4.22. The van der Waals surface area contributed by atoms with E-state index in [1.807, 2.05) is 63.2 Å². The van der Waals surface area contributed by atoms with Gasteiger partial charge in [-0.05, 0) is 66.8 Å². The molecule has 0 saturated heterocycles. The van der Waals surface area contributed by atoms with Crippen LogP contribution in [0.2, 0.25) is 0 Å². The molecule has 0 fully saturated rings. The second-order valence-corrected chi connectivity index (χ2v) is 9.08. The summed E-state index contributed by atoms with van der Waals surface area (Å²) in [5.41, 5.74) is 4.00. The SMILES string of the molecule is Cc1cccc(NS(=O)(=O)c2ccc(C(=O)NC[C@@H](C)c3ccccc3)cc2)c1C. The lowest BCUT2D eigenvalue weighted by atomic mass is 10.0. The van der Waals surface area contributed by atoms with Crippen molar-refractivity contribution in [1.29, 1.82) is 0 Å². The number of benzene rings is 3. The van der Waals surface area contributed by atoms with Gasteiger partial charge >= 0.3 is 0 Å². The maximum absolute atomic E-state index is 12.7. The molecule has 5 nitrogen and oxygen atoms in total. The Kier molecular flexibility index (Phi) is 6.57. The van der Waals surface area contributed by atoms with Crippen LogP contribution in [0.1, 0.15) is 39.9 Å². The van der Waals surface area contributed by atoms with Gasteiger partial charge in [0.2, 0.25) is 0 Å². The third-order valence-electron chi connectivity index (χ3n) is 5.21. The van der Waals surface area contributed by atoms with Gasteiger partial charge in [0.25, 0.3) is 15.9 Å². The van der Waals surface area contributed by atoms with Gasteiger partial charge in [-0.2, -0.15) is 0 Å².